The Morgan fingerprint density at radius 3 is 2.00 bits per heavy atom. The predicted molar refractivity (Wildman–Crippen MR) is 208 cm³/mol. The van der Waals surface area contributed by atoms with Gasteiger partial charge in [0.2, 0.25) is 5.91 Å². The molecule has 5 aliphatic carbocycles. The number of carboxylic acids is 1. The van der Waals surface area contributed by atoms with Gasteiger partial charge in [0.1, 0.15) is 0 Å². The van der Waals surface area contributed by atoms with Gasteiger partial charge < -0.3 is 15.5 Å². The lowest BCUT2D eigenvalue weighted by Crippen LogP contribution is -2.65. The first-order chi connectivity index (χ1) is 23.8. The number of nitrogens with one attached hydrogen (secondary N) is 1. The lowest BCUT2D eigenvalue weighted by Gasteiger charge is -2.72. The van der Waals surface area contributed by atoms with Crippen LogP contribution in [0.25, 0.3) is 5.57 Å². The first-order valence-corrected chi connectivity index (χ1v) is 18.3. The fourth-order valence-corrected chi connectivity index (χ4v) is 12.2. The molecule has 50 heavy (non-hydrogen) atoms. The highest BCUT2D eigenvalue weighted by Gasteiger charge is 2.70. The number of carbonyl (C=O) groups excluding carboxylic acids is 1. The van der Waals surface area contributed by atoms with Gasteiger partial charge in [0, 0.05) is 6.54 Å². The minimum absolute atomic E-state index is 0.00723. The van der Waals surface area contributed by atoms with Crippen molar-refractivity contribution in [3.05, 3.63) is 54.1 Å². The molecule has 0 bridgehead atoms. The van der Waals surface area contributed by atoms with Crippen LogP contribution in [0, 0.1) is 89.3 Å². The number of fused-ring (bicyclic) bond motifs is 7. The highest BCUT2D eigenvalue weighted by Crippen LogP contribution is 2.77. The molecule has 4 fully saturated rings. The average Bonchev–Trinajstić information content (AvgIpc) is 3.56. The third kappa shape index (κ3) is 6.82. The van der Waals surface area contributed by atoms with Crippen molar-refractivity contribution >= 4 is 17.4 Å². The van der Waals surface area contributed by atoms with Crippen molar-refractivity contribution in [2.24, 2.45) is 50.7 Å². The van der Waals surface area contributed by atoms with Crippen molar-refractivity contribution in [1.82, 2.24) is 5.32 Å². The van der Waals surface area contributed by atoms with E-state index < -0.39 is 5.97 Å². The van der Waals surface area contributed by atoms with Gasteiger partial charge in [0.15, 0.2) is 0 Å². The van der Waals surface area contributed by atoms with E-state index in [1.807, 2.05) is 19.1 Å². The van der Waals surface area contributed by atoms with Crippen LogP contribution in [-0.4, -0.2) is 35.2 Å². The zero-order valence-corrected chi connectivity index (χ0v) is 31.6. The summed E-state index contributed by atoms with van der Waals surface area (Å²) < 4.78 is 0. The van der Waals surface area contributed by atoms with Gasteiger partial charge in [0.05, 0.1) is 17.6 Å². The predicted octanol–water partition coefficient (Wildman–Crippen LogP) is 9.28. The van der Waals surface area contributed by atoms with Gasteiger partial charge in [-0.1, -0.05) is 65.3 Å². The van der Waals surface area contributed by atoms with E-state index in [2.05, 4.69) is 91.1 Å². The molecule has 4 saturated carbocycles. The number of carboxylic acid groups (broad SMARTS) is 1. The summed E-state index contributed by atoms with van der Waals surface area (Å²) in [5.74, 6) is 1.62. The Morgan fingerprint density at radius 1 is 0.840 bits per heavy atom. The van der Waals surface area contributed by atoms with Crippen LogP contribution in [0.4, 0.5) is 0 Å². The smallest absolute Gasteiger partial charge is 0.335 e. The van der Waals surface area contributed by atoms with Crippen molar-refractivity contribution in [2.45, 2.75) is 106 Å². The molecule has 5 nitrogen and oxygen atoms in total. The second-order valence-corrected chi connectivity index (χ2v) is 16.1. The lowest BCUT2D eigenvalue weighted by atomic mass is 9.32. The number of hydrogen-bond donors (Lipinski definition) is 3. The van der Waals surface area contributed by atoms with E-state index in [0.717, 1.165) is 37.7 Å². The van der Waals surface area contributed by atoms with Crippen LogP contribution in [0.2, 0.25) is 0 Å². The fourth-order valence-electron chi connectivity index (χ4n) is 12.2. The Morgan fingerprint density at radius 2 is 1.44 bits per heavy atom. The molecule has 1 aromatic carbocycles. The molecule has 0 saturated heterocycles. The summed E-state index contributed by atoms with van der Waals surface area (Å²) in [5, 5.41) is 21.9. The maximum Gasteiger partial charge on any atom is 0.335 e. The number of rotatable bonds is 5. The summed E-state index contributed by atoms with van der Waals surface area (Å²) >= 11 is 0. The van der Waals surface area contributed by atoms with Crippen molar-refractivity contribution < 1.29 is 19.8 Å². The zero-order valence-electron chi connectivity index (χ0n) is 31.6. The van der Waals surface area contributed by atoms with E-state index in [1.165, 1.54) is 37.7 Å². The first kappa shape index (κ1) is 42.4. The van der Waals surface area contributed by atoms with Crippen LogP contribution in [-0.2, 0) is 4.79 Å². The highest BCUT2D eigenvalue weighted by molar-refractivity contribution is 5.88. The topological polar surface area (TPSA) is 86.6 Å². The monoisotopic (exact) mass is 681 g/mol. The lowest BCUT2D eigenvalue weighted by molar-refractivity contribution is -0.222. The summed E-state index contributed by atoms with van der Waals surface area (Å²) in [6, 6.07) is 7.51. The first-order valence-electron chi connectivity index (χ1n) is 18.3. The molecule has 8 atom stereocenters. The number of allylic oxidation sites excluding steroid dienone is 3. The number of aliphatic hydroxyl groups excluding tert-OH is 1. The SMILES string of the molecule is C#C.C#C.C#C.C=CC.CC1(C)C(c2ccc(C(=O)O)cc2)=CC[C@@]2(C)C1CC[C@]1(C)C2CC[C@@H]2C3CCC[C@]3(C(=O)NCCO)CC[C@]21C. The van der Waals surface area contributed by atoms with Crippen molar-refractivity contribution in [3.63, 3.8) is 0 Å². The van der Waals surface area contributed by atoms with E-state index >= 15 is 0 Å². The molecule has 1 aromatic rings. The highest BCUT2D eigenvalue weighted by atomic mass is 16.4. The Balaban J connectivity index is 0.000000887. The molecule has 5 aliphatic rings. The second kappa shape index (κ2) is 17.0. The third-order valence-corrected chi connectivity index (χ3v) is 14.2. The molecule has 272 valence electrons. The maximum atomic E-state index is 13.6. The molecule has 3 unspecified atom stereocenters. The van der Waals surface area contributed by atoms with Crippen LogP contribution < -0.4 is 5.32 Å². The van der Waals surface area contributed by atoms with Gasteiger partial charge in [-0.05, 0) is 133 Å². The summed E-state index contributed by atoms with van der Waals surface area (Å²) in [6.45, 7) is 18.3. The number of hydrogen-bond acceptors (Lipinski definition) is 3. The molecule has 0 heterocycles. The Kier molecular flexibility index (Phi) is 14.4. The summed E-state index contributed by atoms with van der Waals surface area (Å²) in [6.07, 6.45) is 39.7. The Bertz CT molecular complexity index is 1420. The van der Waals surface area contributed by atoms with Crippen molar-refractivity contribution in [3.8, 4) is 38.5 Å². The number of benzene rings is 1. The fraction of sp³-hybridized carbons (Fsp3) is 0.600. The normalized spacial score (nSPS) is 35.3. The number of aromatic carboxylic acids is 1. The van der Waals surface area contributed by atoms with Gasteiger partial charge in [-0.25, -0.2) is 4.79 Å². The van der Waals surface area contributed by atoms with E-state index in [0.29, 0.717) is 35.8 Å². The van der Waals surface area contributed by atoms with E-state index in [-0.39, 0.29) is 39.6 Å². The van der Waals surface area contributed by atoms with Crippen molar-refractivity contribution in [1.29, 1.82) is 0 Å². The summed E-state index contributed by atoms with van der Waals surface area (Å²) in [7, 11) is 0. The molecule has 0 spiro atoms. The quantitative estimate of drug-likeness (QED) is 0.214. The minimum atomic E-state index is -0.875. The molecule has 3 N–H and O–H groups in total. The molecule has 5 heteroatoms. The Hall–Kier alpha value is -3.72. The maximum absolute atomic E-state index is 13.6. The van der Waals surface area contributed by atoms with E-state index in [4.69, 9.17) is 0 Å². The van der Waals surface area contributed by atoms with E-state index in [1.54, 1.807) is 18.2 Å². The van der Waals surface area contributed by atoms with Crippen LogP contribution >= 0.6 is 0 Å². The van der Waals surface area contributed by atoms with Gasteiger partial charge >= 0.3 is 5.97 Å². The number of terminal acetylenes is 3. The Labute approximate surface area is 304 Å². The molecule has 0 radical (unpaired) electrons. The molecule has 0 aliphatic heterocycles. The van der Waals surface area contributed by atoms with Gasteiger partial charge in [-0.3, -0.25) is 4.79 Å². The average molecular weight is 682 g/mol. The standard InChI is InChI=1S/C36H51NO4.C3H6.3C2H2/c1-32(2)25(23-8-10-24(11-9-23)30(39)40)14-17-33(3)28(32)15-18-35(5)29(33)13-12-26-27-7-6-16-36(27,20-19-34(26,35)4)31(41)37-21-22-38;1-3-2;3*1-2/h8-11,14,26-29,38H,6-7,12-13,15-22H2,1-5H3,(H,37,41)(H,39,40);3H,1H2,2H3;3*1-2H/t26-,27?,28?,29?,33+,34-,35-,36+;;;;/m1..../s1. The molecule has 0 aromatic heterocycles. The van der Waals surface area contributed by atoms with Gasteiger partial charge in [-0.2, -0.15) is 0 Å². The molecule has 1 amide bonds. The third-order valence-electron chi connectivity index (χ3n) is 14.2. The minimum Gasteiger partial charge on any atom is -0.478 e. The number of carbonyl (C=O) groups is 2. The van der Waals surface area contributed by atoms with Crippen LogP contribution in [0.5, 0.6) is 0 Å². The number of amides is 1. The van der Waals surface area contributed by atoms with Crippen LogP contribution in [0.3, 0.4) is 0 Å². The van der Waals surface area contributed by atoms with E-state index in [9.17, 15) is 19.8 Å². The van der Waals surface area contributed by atoms with Crippen LogP contribution in [0.1, 0.15) is 122 Å². The zero-order chi connectivity index (χ0) is 38.1. The molecule has 6 rings (SSSR count). The molecular weight excluding hydrogens is 618 g/mol. The number of aliphatic hydroxyl groups is 1. The summed E-state index contributed by atoms with van der Waals surface area (Å²) in [4.78, 5) is 25.0. The van der Waals surface area contributed by atoms with Crippen LogP contribution in [0.15, 0.2) is 43.0 Å². The van der Waals surface area contributed by atoms with Gasteiger partial charge in [-0.15, -0.1) is 45.1 Å². The van der Waals surface area contributed by atoms with Gasteiger partial charge in [0.25, 0.3) is 0 Å². The summed E-state index contributed by atoms with van der Waals surface area (Å²) in [5.41, 5.74) is 3.37. The van der Waals surface area contributed by atoms with Crippen molar-refractivity contribution in [2.75, 3.05) is 13.2 Å². The molecular formula is C45H63NO4. The largest absolute Gasteiger partial charge is 0.478 e. The second-order valence-electron chi connectivity index (χ2n) is 16.1.